The Morgan fingerprint density at radius 1 is 1.40 bits per heavy atom. The maximum atomic E-state index is 13.2. The molecule has 0 spiro atoms. The molecule has 1 aromatic carbocycles. The Kier molecular flexibility index (Phi) is 3.45. The molecule has 3 heteroatoms. The summed E-state index contributed by atoms with van der Waals surface area (Å²) < 4.78 is 18.3. The molecule has 0 saturated carbocycles. The van der Waals surface area contributed by atoms with Crippen LogP contribution in [0, 0.1) is 18.7 Å². The quantitative estimate of drug-likeness (QED) is 0.717. The number of ether oxygens (including phenoxy) is 1. The molecule has 0 amide bonds. The van der Waals surface area contributed by atoms with Gasteiger partial charge in [0.05, 0.1) is 12.7 Å². The first-order valence-electron chi connectivity index (χ1n) is 4.85. The molecule has 0 unspecified atom stereocenters. The van der Waals surface area contributed by atoms with Gasteiger partial charge >= 0.3 is 0 Å². The molecule has 0 heterocycles. The minimum absolute atomic E-state index is 0.102. The van der Waals surface area contributed by atoms with Crippen LogP contribution in [-0.4, -0.2) is 12.9 Å². The predicted molar refractivity (Wildman–Crippen MR) is 56.9 cm³/mol. The van der Waals surface area contributed by atoms with E-state index in [1.165, 1.54) is 19.2 Å². The fraction of sp³-hybridized carbons (Fsp3) is 0.417. The molecular formula is C12H15FO2. The number of hydrogen-bond donors (Lipinski definition) is 0. The van der Waals surface area contributed by atoms with Crippen molar-refractivity contribution < 1.29 is 13.9 Å². The third kappa shape index (κ3) is 2.35. The van der Waals surface area contributed by atoms with Crippen LogP contribution < -0.4 is 4.74 Å². The summed E-state index contributed by atoms with van der Waals surface area (Å²) in [5, 5.41) is 0. The Bertz CT molecular complexity index is 383. The van der Waals surface area contributed by atoms with Gasteiger partial charge in [0.2, 0.25) is 0 Å². The van der Waals surface area contributed by atoms with Crippen LogP contribution in [-0.2, 0) is 0 Å². The Balaban J connectivity index is 3.32. The Labute approximate surface area is 89.1 Å². The minimum Gasteiger partial charge on any atom is -0.496 e. The van der Waals surface area contributed by atoms with E-state index in [0.717, 1.165) is 0 Å². The number of ketones is 1. The lowest BCUT2D eigenvalue weighted by molar-refractivity contribution is 0.0935. The number of halogens is 1. The highest BCUT2D eigenvalue weighted by Gasteiger charge is 2.18. The van der Waals surface area contributed by atoms with E-state index >= 15 is 0 Å². The highest BCUT2D eigenvalue weighted by Crippen LogP contribution is 2.26. The van der Waals surface area contributed by atoms with Crippen molar-refractivity contribution in [2.24, 2.45) is 5.92 Å². The first kappa shape index (κ1) is 11.7. The SMILES string of the molecule is COc1c(C)cc(F)cc1C(=O)C(C)C. The number of methoxy groups -OCH3 is 1. The Morgan fingerprint density at radius 3 is 2.47 bits per heavy atom. The molecule has 0 N–H and O–H groups in total. The van der Waals surface area contributed by atoms with E-state index in [1.54, 1.807) is 20.8 Å². The average molecular weight is 210 g/mol. The molecule has 0 aliphatic heterocycles. The zero-order valence-electron chi connectivity index (χ0n) is 9.43. The van der Waals surface area contributed by atoms with Crippen LogP contribution in [0.5, 0.6) is 5.75 Å². The summed E-state index contributed by atoms with van der Waals surface area (Å²) in [6.45, 7) is 5.28. The molecule has 0 aliphatic carbocycles. The average Bonchev–Trinajstić information content (AvgIpc) is 2.15. The maximum Gasteiger partial charge on any atom is 0.169 e. The second-order valence-corrected chi connectivity index (χ2v) is 3.82. The van der Waals surface area contributed by atoms with Crippen LogP contribution in [0.4, 0.5) is 4.39 Å². The van der Waals surface area contributed by atoms with E-state index in [-0.39, 0.29) is 11.7 Å². The van der Waals surface area contributed by atoms with Gasteiger partial charge < -0.3 is 4.74 Å². The van der Waals surface area contributed by atoms with E-state index in [1.807, 2.05) is 0 Å². The van der Waals surface area contributed by atoms with E-state index in [2.05, 4.69) is 0 Å². The predicted octanol–water partition coefficient (Wildman–Crippen LogP) is 2.98. The molecule has 1 rings (SSSR count). The zero-order chi connectivity index (χ0) is 11.6. The molecule has 0 saturated heterocycles. The van der Waals surface area contributed by atoms with E-state index < -0.39 is 5.82 Å². The number of Topliss-reactive ketones (excluding diaryl/α,β-unsaturated/α-hetero) is 1. The number of benzene rings is 1. The maximum absolute atomic E-state index is 13.2. The van der Waals surface area contributed by atoms with Gasteiger partial charge in [-0.1, -0.05) is 13.8 Å². The molecule has 15 heavy (non-hydrogen) atoms. The number of rotatable bonds is 3. The van der Waals surface area contributed by atoms with Gasteiger partial charge in [-0.25, -0.2) is 4.39 Å². The molecule has 1 aromatic rings. The summed E-state index contributed by atoms with van der Waals surface area (Å²) in [5.74, 6) is -0.207. The van der Waals surface area contributed by atoms with Crippen LogP contribution in [0.25, 0.3) is 0 Å². The van der Waals surface area contributed by atoms with Crippen molar-refractivity contribution in [1.82, 2.24) is 0 Å². The standard InChI is InChI=1S/C12H15FO2/c1-7(2)11(14)10-6-9(13)5-8(3)12(10)15-4/h5-7H,1-4H3. The number of aryl methyl sites for hydroxylation is 1. The van der Waals surface area contributed by atoms with E-state index in [4.69, 9.17) is 4.74 Å². The molecule has 2 nitrogen and oxygen atoms in total. The third-order valence-corrected chi connectivity index (χ3v) is 2.23. The van der Waals surface area contributed by atoms with Crippen molar-refractivity contribution in [2.45, 2.75) is 20.8 Å². The van der Waals surface area contributed by atoms with Gasteiger partial charge in [-0.2, -0.15) is 0 Å². The monoisotopic (exact) mass is 210 g/mol. The molecular weight excluding hydrogens is 195 g/mol. The van der Waals surface area contributed by atoms with Crippen molar-refractivity contribution >= 4 is 5.78 Å². The van der Waals surface area contributed by atoms with Crippen LogP contribution in [0.15, 0.2) is 12.1 Å². The molecule has 82 valence electrons. The highest BCUT2D eigenvalue weighted by molar-refractivity contribution is 6.00. The summed E-state index contributed by atoms with van der Waals surface area (Å²) in [4.78, 5) is 11.8. The zero-order valence-corrected chi connectivity index (χ0v) is 9.43. The second-order valence-electron chi connectivity index (χ2n) is 3.82. The van der Waals surface area contributed by atoms with Crippen molar-refractivity contribution in [2.75, 3.05) is 7.11 Å². The summed E-state index contributed by atoms with van der Waals surface area (Å²) in [7, 11) is 1.48. The topological polar surface area (TPSA) is 26.3 Å². The largest absolute Gasteiger partial charge is 0.496 e. The van der Waals surface area contributed by atoms with Crippen LogP contribution in [0.3, 0.4) is 0 Å². The lowest BCUT2D eigenvalue weighted by atomic mass is 9.98. The molecule has 0 fully saturated rings. The van der Waals surface area contributed by atoms with Gasteiger partial charge in [-0.3, -0.25) is 4.79 Å². The van der Waals surface area contributed by atoms with Gasteiger partial charge in [0.25, 0.3) is 0 Å². The summed E-state index contributed by atoms with van der Waals surface area (Å²) in [5.41, 5.74) is 0.964. The van der Waals surface area contributed by atoms with E-state index in [9.17, 15) is 9.18 Å². The molecule has 0 aromatic heterocycles. The van der Waals surface area contributed by atoms with Gasteiger partial charge in [0, 0.05) is 5.92 Å². The molecule has 0 bridgehead atoms. The molecule has 0 atom stereocenters. The smallest absolute Gasteiger partial charge is 0.169 e. The summed E-state index contributed by atoms with van der Waals surface area (Å²) >= 11 is 0. The highest BCUT2D eigenvalue weighted by atomic mass is 19.1. The Morgan fingerprint density at radius 2 is 2.00 bits per heavy atom. The fourth-order valence-corrected chi connectivity index (χ4v) is 1.49. The van der Waals surface area contributed by atoms with Crippen molar-refractivity contribution in [3.05, 3.63) is 29.1 Å². The lowest BCUT2D eigenvalue weighted by Gasteiger charge is -2.12. The van der Waals surface area contributed by atoms with Gasteiger partial charge in [0.15, 0.2) is 5.78 Å². The van der Waals surface area contributed by atoms with Crippen LogP contribution in [0.1, 0.15) is 29.8 Å². The number of carbonyl (C=O) groups is 1. The third-order valence-electron chi connectivity index (χ3n) is 2.23. The van der Waals surface area contributed by atoms with Gasteiger partial charge in [0.1, 0.15) is 11.6 Å². The number of carbonyl (C=O) groups excluding carboxylic acids is 1. The lowest BCUT2D eigenvalue weighted by Crippen LogP contribution is -2.10. The van der Waals surface area contributed by atoms with Gasteiger partial charge in [-0.05, 0) is 24.6 Å². The first-order chi connectivity index (χ1) is 6.97. The molecule has 0 radical (unpaired) electrons. The summed E-state index contributed by atoms with van der Waals surface area (Å²) in [6.07, 6.45) is 0. The van der Waals surface area contributed by atoms with Crippen molar-refractivity contribution in [3.8, 4) is 5.75 Å². The summed E-state index contributed by atoms with van der Waals surface area (Å²) in [6, 6.07) is 2.59. The van der Waals surface area contributed by atoms with Crippen molar-refractivity contribution in [1.29, 1.82) is 0 Å². The van der Waals surface area contributed by atoms with Crippen molar-refractivity contribution in [3.63, 3.8) is 0 Å². The first-order valence-corrected chi connectivity index (χ1v) is 4.85. The van der Waals surface area contributed by atoms with Crippen LogP contribution >= 0.6 is 0 Å². The minimum atomic E-state index is -0.405. The second kappa shape index (κ2) is 4.43. The molecule has 0 aliphatic rings. The normalized spacial score (nSPS) is 10.5. The van der Waals surface area contributed by atoms with Crippen LogP contribution in [0.2, 0.25) is 0 Å². The van der Waals surface area contributed by atoms with Gasteiger partial charge in [-0.15, -0.1) is 0 Å². The number of hydrogen-bond acceptors (Lipinski definition) is 2. The Hall–Kier alpha value is -1.38. The van der Waals surface area contributed by atoms with E-state index in [0.29, 0.717) is 16.9 Å². The fourth-order valence-electron chi connectivity index (χ4n) is 1.49.